The van der Waals surface area contributed by atoms with Gasteiger partial charge in [0, 0.05) is 46.8 Å². The minimum Gasteiger partial charge on any atom is -0.476 e. The molecular weight excluding hydrogens is 438 g/mol. The van der Waals surface area contributed by atoms with Crippen molar-refractivity contribution in [2.24, 2.45) is 0 Å². The molecule has 0 spiro atoms. The molecular formula is C17H18BrN3O3S2. The molecule has 2 aromatic rings. The first-order chi connectivity index (χ1) is 12.5. The van der Waals surface area contributed by atoms with Crippen LogP contribution in [0.1, 0.15) is 23.3 Å². The first-order valence-electron chi connectivity index (χ1n) is 8.13. The van der Waals surface area contributed by atoms with Gasteiger partial charge in [0.2, 0.25) is 5.91 Å². The Morgan fingerprint density at radius 2 is 2.19 bits per heavy atom. The lowest BCUT2D eigenvalue weighted by molar-refractivity contribution is -0.128. The summed E-state index contributed by atoms with van der Waals surface area (Å²) < 4.78 is 1.75. The number of carbonyl (C=O) groups excluding carboxylic acids is 1. The number of aromatic carboxylic acids is 1. The number of hydrogen-bond donors (Lipinski definition) is 2. The Labute approximate surface area is 168 Å². The van der Waals surface area contributed by atoms with Gasteiger partial charge in [0.25, 0.3) is 0 Å². The van der Waals surface area contributed by atoms with E-state index in [4.69, 9.17) is 5.11 Å². The van der Waals surface area contributed by atoms with Gasteiger partial charge < -0.3 is 15.3 Å². The maximum Gasteiger partial charge on any atom is 0.355 e. The van der Waals surface area contributed by atoms with Crippen LogP contribution in [0.5, 0.6) is 0 Å². The fourth-order valence-corrected chi connectivity index (χ4v) is 4.84. The number of nitrogens with zero attached hydrogens (tertiary/aromatic N) is 2. The van der Waals surface area contributed by atoms with Gasteiger partial charge in [-0.05, 0) is 30.7 Å². The number of amides is 1. The molecule has 1 aromatic heterocycles. The van der Waals surface area contributed by atoms with Crippen molar-refractivity contribution in [1.82, 2.24) is 9.88 Å². The number of aromatic nitrogens is 1. The molecule has 1 aromatic carbocycles. The first-order valence-corrected chi connectivity index (χ1v) is 10.8. The zero-order valence-electron chi connectivity index (χ0n) is 13.9. The average molecular weight is 456 g/mol. The third-order valence-corrected chi connectivity index (χ3v) is 6.63. The number of nitrogens with one attached hydrogen (secondary N) is 1. The normalized spacial score (nSPS) is 16.9. The third kappa shape index (κ3) is 4.99. The van der Waals surface area contributed by atoms with Gasteiger partial charge in [-0.2, -0.15) is 0 Å². The van der Waals surface area contributed by atoms with Gasteiger partial charge in [0.15, 0.2) is 10.0 Å². The van der Waals surface area contributed by atoms with E-state index < -0.39 is 5.97 Å². The predicted octanol–water partition coefficient (Wildman–Crippen LogP) is 3.80. The van der Waals surface area contributed by atoms with Crippen molar-refractivity contribution in [3.05, 3.63) is 39.8 Å². The molecule has 1 aliphatic rings. The van der Waals surface area contributed by atoms with Crippen molar-refractivity contribution in [1.29, 1.82) is 0 Å². The summed E-state index contributed by atoms with van der Waals surface area (Å²) in [7, 11) is 0. The van der Waals surface area contributed by atoms with E-state index in [1.807, 2.05) is 29.2 Å². The fraction of sp³-hybridized carbons (Fsp3) is 0.353. The van der Waals surface area contributed by atoms with E-state index >= 15 is 0 Å². The zero-order valence-corrected chi connectivity index (χ0v) is 17.1. The van der Waals surface area contributed by atoms with Crippen LogP contribution in [-0.4, -0.2) is 51.8 Å². The Bertz CT molecular complexity index is 782. The van der Waals surface area contributed by atoms with Crippen molar-refractivity contribution in [3.63, 3.8) is 0 Å². The quantitative estimate of drug-likeness (QED) is 0.589. The molecule has 3 rings (SSSR count). The van der Waals surface area contributed by atoms with Crippen LogP contribution < -0.4 is 5.32 Å². The van der Waals surface area contributed by atoms with Crippen LogP contribution in [0.3, 0.4) is 0 Å². The van der Waals surface area contributed by atoms with Crippen LogP contribution in [0.15, 0.2) is 38.5 Å². The van der Waals surface area contributed by atoms with E-state index in [1.165, 1.54) is 28.5 Å². The smallest absolute Gasteiger partial charge is 0.355 e. The van der Waals surface area contributed by atoms with Crippen LogP contribution in [0.25, 0.3) is 0 Å². The van der Waals surface area contributed by atoms with Crippen LogP contribution in [-0.2, 0) is 4.79 Å². The van der Waals surface area contributed by atoms with Crippen molar-refractivity contribution < 1.29 is 14.7 Å². The summed E-state index contributed by atoms with van der Waals surface area (Å²) in [4.78, 5) is 29.0. The zero-order chi connectivity index (χ0) is 18.5. The third-order valence-electron chi connectivity index (χ3n) is 4.10. The Kier molecular flexibility index (Phi) is 6.55. The molecule has 2 heterocycles. The standard InChI is InChI=1S/C17H18BrN3O3S2/c18-11-1-3-12(4-2-11)19-9-13-5-6-15(22)21(13)7-8-25-17-20-14(10-26-17)16(23)24/h1-4,10,13,19H,5-9H2,(H,23,24)/t13-/m1/s1. The van der Waals surface area contributed by atoms with Crippen molar-refractivity contribution in [2.45, 2.75) is 23.2 Å². The molecule has 9 heteroatoms. The minimum atomic E-state index is -1.01. The minimum absolute atomic E-state index is 0.0753. The molecule has 1 saturated heterocycles. The molecule has 26 heavy (non-hydrogen) atoms. The summed E-state index contributed by atoms with van der Waals surface area (Å²) in [5, 5.41) is 13.8. The van der Waals surface area contributed by atoms with Gasteiger partial charge in [0.05, 0.1) is 0 Å². The number of thioether (sulfide) groups is 1. The van der Waals surface area contributed by atoms with Crippen LogP contribution >= 0.6 is 39.0 Å². The van der Waals surface area contributed by atoms with E-state index in [9.17, 15) is 9.59 Å². The highest BCUT2D eigenvalue weighted by Gasteiger charge is 2.30. The largest absolute Gasteiger partial charge is 0.476 e. The molecule has 1 fully saturated rings. The lowest BCUT2D eigenvalue weighted by Crippen LogP contribution is -2.39. The van der Waals surface area contributed by atoms with Crippen LogP contribution in [0.4, 0.5) is 5.69 Å². The number of benzene rings is 1. The van der Waals surface area contributed by atoms with Gasteiger partial charge in [-0.3, -0.25) is 4.79 Å². The van der Waals surface area contributed by atoms with E-state index in [2.05, 4.69) is 26.2 Å². The van der Waals surface area contributed by atoms with Crippen molar-refractivity contribution in [3.8, 4) is 0 Å². The summed E-state index contributed by atoms with van der Waals surface area (Å²) >= 11 is 6.23. The Hall–Kier alpha value is -1.58. The Morgan fingerprint density at radius 1 is 1.42 bits per heavy atom. The molecule has 0 aliphatic carbocycles. The number of carboxylic acid groups (broad SMARTS) is 1. The molecule has 0 bridgehead atoms. The number of likely N-dealkylation sites (tertiary alicyclic amines) is 1. The second kappa shape index (κ2) is 8.88. The molecule has 0 radical (unpaired) electrons. The number of hydrogen-bond acceptors (Lipinski definition) is 6. The number of carbonyl (C=O) groups is 2. The highest BCUT2D eigenvalue weighted by atomic mass is 79.9. The van der Waals surface area contributed by atoms with E-state index in [0.29, 0.717) is 18.7 Å². The lowest BCUT2D eigenvalue weighted by atomic mass is 10.2. The van der Waals surface area contributed by atoms with E-state index in [-0.39, 0.29) is 17.6 Å². The molecule has 1 atom stereocenters. The molecule has 138 valence electrons. The number of halogens is 1. The first kappa shape index (κ1) is 19.2. The highest BCUT2D eigenvalue weighted by molar-refractivity contribution is 9.10. The van der Waals surface area contributed by atoms with Gasteiger partial charge in [-0.1, -0.05) is 27.7 Å². The molecule has 0 unspecified atom stereocenters. The van der Waals surface area contributed by atoms with Gasteiger partial charge >= 0.3 is 5.97 Å². The topological polar surface area (TPSA) is 82.5 Å². The van der Waals surface area contributed by atoms with E-state index in [1.54, 1.807) is 0 Å². The number of carboxylic acids is 1. The molecule has 1 aliphatic heterocycles. The summed E-state index contributed by atoms with van der Waals surface area (Å²) in [6, 6.07) is 8.15. The van der Waals surface area contributed by atoms with Crippen molar-refractivity contribution in [2.75, 3.05) is 24.2 Å². The Balaban J connectivity index is 1.49. The number of thiazole rings is 1. The van der Waals surface area contributed by atoms with Gasteiger partial charge in [0.1, 0.15) is 0 Å². The lowest BCUT2D eigenvalue weighted by Gasteiger charge is -2.25. The van der Waals surface area contributed by atoms with Crippen LogP contribution in [0, 0.1) is 0 Å². The number of anilines is 1. The maximum absolute atomic E-state index is 12.2. The van der Waals surface area contributed by atoms with Gasteiger partial charge in [-0.15, -0.1) is 11.3 Å². The fourth-order valence-electron chi connectivity index (χ4n) is 2.77. The SMILES string of the molecule is O=C(O)c1csc(SCCN2C(=O)CC[C@@H]2CNc2ccc(Br)cc2)n1. The molecule has 6 nitrogen and oxygen atoms in total. The van der Waals surface area contributed by atoms with Gasteiger partial charge in [-0.25, -0.2) is 9.78 Å². The number of rotatable bonds is 8. The second-order valence-electron chi connectivity index (χ2n) is 5.82. The summed E-state index contributed by atoms with van der Waals surface area (Å²) in [5.74, 6) is -0.131. The highest BCUT2D eigenvalue weighted by Crippen LogP contribution is 2.25. The predicted molar refractivity (Wildman–Crippen MR) is 107 cm³/mol. The monoisotopic (exact) mass is 455 g/mol. The van der Waals surface area contributed by atoms with Crippen molar-refractivity contribution >= 4 is 56.6 Å². The average Bonchev–Trinajstić information content (AvgIpc) is 3.23. The van der Waals surface area contributed by atoms with Crippen LogP contribution in [0.2, 0.25) is 0 Å². The molecule has 0 saturated carbocycles. The summed E-state index contributed by atoms with van der Waals surface area (Å²) in [6.45, 7) is 1.36. The van der Waals surface area contributed by atoms with E-state index in [0.717, 1.165) is 27.5 Å². The summed E-state index contributed by atoms with van der Waals surface area (Å²) in [5.41, 5.74) is 1.11. The molecule has 2 N–H and O–H groups in total. The molecule has 1 amide bonds. The Morgan fingerprint density at radius 3 is 2.88 bits per heavy atom. The second-order valence-corrected chi connectivity index (χ2v) is 8.94. The summed E-state index contributed by atoms with van der Waals surface area (Å²) in [6.07, 6.45) is 1.44. The maximum atomic E-state index is 12.2.